The Morgan fingerprint density at radius 2 is 1.97 bits per heavy atom. The SMILES string of the molecule is CCOc1ccc(S(=O)(=O)N(Cc2nn(C)c3c2CCC3)C2CCCC2)cc1C. The van der Waals surface area contributed by atoms with E-state index in [0.29, 0.717) is 18.0 Å². The van der Waals surface area contributed by atoms with E-state index in [1.165, 1.54) is 11.3 Å². The molecule has 0 bridgehead atoms. The Balaban J connectivity index is 1.70. The monoisotopic (exact) mass is 417 g/mol. The molecule has 1 saturated carbocycles. The van der Waals surface area contributed by atoms with Crippen LogP contribution in [0.4, 0.5) is 0 Å². The number of ether oxygens (including phenoxy) is 1. The molecule has 0 atom stereocenters. The molecule has 6 nitrogen and oxygen atoms in total. The van der Waals surface area contributed by atoms with Crippen LogP contribution in [-0.2, 0) is 36.5 Å². The lowest BCUT2D eigenvalue weighted by atomic mass is 10.2. The zero-order chi connectivity index (χ0) is 20.6. The predicted octanol–water partition coefficient (Wildman–Crippen LogP) is 3.75. The number of hydrogen-bond acceptors (Lipinski definition) is 4. The molecule has 0 spiro atoms. The normalized spacial score (nSPS) is 17.2. The van der Waals surface area contributed by atoms with Crippen molar-refractivity contribution >= 4 is 10.0 Å². The van der Waals surface area contributed by atoms with Crippen molar-refractivity contribution in [3.63, 3.8) is 0 Å². The summed E-state index contributed by atoms with van der Waals surface area (Å²) in [4.78, 5) is 0.345. The van der Waals surface area contributed by atoms with Gasteiger partial charge in [-0.05, 0) is 75.3 Å². The Bertz CT molecular complexity index is 991. The lowest BCUT2D eigenvalue weighted by molar-refractivity contribution is 0.311. The van der Waals surface area contributed by atoms with Gasteiger partial charge in [0.15, 0.2) is 0 Å². The van der Waals surface area contributed by atoms with Crippen LogP contribution < -0.4 is 4.74 Å². The number of aromatic nitrogens is 2. The van der Waals surface area contributed by atoms with Crippen molar-refractivity contribution in [1.29, 1.82) is 0 Å². The molecule has 0 amide bonds. The molecule has 0 radical (unpaired) electrons. The van der Waals surface area contributed by atoms with E-state index in [-0.39, 0.29) is 6.04 Å². The maximum Gasteiger partial charge on any atom is 0.243 e. The van der Waals surface area contributed by atoms with E-state index in [1.54, 1.807) is 22.5 Å². The molecule has 0 saturated heterocycles. The molecule has 158 valence electrons. The third kappa shape index (κ3) is 3.82. The van der Waals surface area contributed by atoms with Crippen LogP contribution in [-0.4, -0.2) is 35.2 Å². The molecule has 1 fully saturated rings. The first-order valence-electron chi connectivity index (χ1n) is 10.7. The average molecular weight is 418 g/mol. The van der Waals surface area contributed by atoms with Gasteiger partial charge in [-0.3, -0.25) is 4.68 Å². The fourth-order valence-corrected chi connectivity index (χ4v) is 6.54. The summed E-state index contributed by atoms with van der Waals surface area (Å²) in [6, 6.07) is 5.24. The maximum atomic E-state index is 13.7. The van der Waals surface area contributed by atoms with Gasteiger partial charge in [-0.15, -0.1) is 0 Å². The van der Waals surface area contributed by atoms with Crippen molar-refractivity contribution < 1.29 is 13.2 Å². The number of aryl methyl sites for hydroxylation is 2. The van der Waals surface area contributed by atoms with Crippen molar-refractivity contribution in [1.82, 2.24) is 14.1 Å². The second kappa shape index (κ2) is 8.11. The second-order valence-corrected chi connectivity index (χ2v) is 10.1. The van der Waals surface area contributed by atoms with Crippen molar-refractivity contribution in [2.75, 3.05) is 6.61 Å². The van der Waals surface area contributed by atoms with Gasteiger partial charge in [-0.25, -0.2) is 8.42 Å². The number of sulfonamides is 1. The molecule has 29 heavy (non-hydrogen) atoms. The third-order valence-corrected chi connectivity index (χ3v) is 8.18. The first-order valence-corrected chi connectivity index (χ1v) is 12.1. The fraction of sp³-hybridized carbons (Fsp3) is 0.591. The lowest BCUT2D eigenvalue weighted by Crippen LogP contribution is -2.38. The number of nitrogens with zero attached hydrogens (tertiary/aromatic N) is 3. The minimum Gasteiger partial charge on any atom is -0.494 e. The van der Waals surface area contributed by atoms with Gasteiger partial charge in [-0.1, -0.05) is 12.8 Å². The topological polar surface area (TPSA) is 64.4 Å². The third-order valence-electron chi connectivity index (χ3n) is 6.29. The Morgan fingerprint density at radius 3 is 2.66 bits per heavy atom. The predicted molar refractivity (Wildman–Crippen MR) is 113 cm³/mol. The highest BCUT2D eigenvalue weighted by Gasteiger charge is 2.35. The highest BCUT2D eigenvalue weighted by atomic mass is 32.2. The Hall–Kier alpha value is -1.86. The van der Waals surface area contributed by atoms with Gasteiger partial charge < -0.3 is 4.74 Å². The average Bonchev–Trinajstić information content (AvgIpc) is 3.42. The van der Waals surface area contributed by atoms with Gasteiger partial charge in [0.1, 0.15) is 5.75 Å². The molecule has 0 unspecified atom stereocenters. The minimum absolute atomic E-state index is 0.0472. The van der Waals surface area contributed by atoms with Crippen LogP contribution >= 0.6 is 0 Å². The van der Waals surface area contributed by atoms with E-state index >= 15 is 0 Å². The minimum atomic E-state index is -3.62. The van der Waals surface area contributed by atoms with Crippen molar-refractivity contribution in [2.45, 2.75) is 76.3 Å². The van der Waals surface area contributed by atoms with E-state index < -0.39 is 10.0 Å². The van der Waals surface area contributed by atoms with Gasteiger partial charge in [0, 0.05) is 18.8 Å². The smallest absolute Gasteiger partial charge is 0.243 e. The van der Waals surface area contributed by atoms with E-state index in [9.17, 15) is 8.42 Å². The highest BCUT2D eigenvalue weighted by Crippen LogP contribution is 2.33. The number of benzene rings is 1. The Morgan fingerprint density at radius 1 is 1.21 bits per heavy atom. The number of rotatable bonds is 7. The van der Waals surface area contributed by atoms with Crippen LogP contribution in [0.1, 0.15) is 61.5 Å². The molecule has 2 aromatic rings. The quantitative estimate of drug-likeness (QED) is 0.688. The lowest BCUT2D eigenvalue weighted by Gasteiger charge is -2.28. The summed E-state index contributed by atoms with van der Waals surface area (Å²) in [5.41, 5.74) is 4.30. The first-order chi connectivity index (χ1) is 13.9. The largest absolute Gasteiger partial charge is 0.494 e. The number of fused-ring (bicyclic) bond motifs is 1. The molecule has 0 N–H and O–H groups in total. The van der Waals surface area contributed by atoms with Crippen LogP contribution in [0, 0.1) is 6.92 Å². The Kier molecular flexibility index (Phi) is 5.71. The summed E-state index contributed by atoms with van der Waals surface area (Å²) in [7, 11) is -1.65. The summed E-state index contributed by atoms with van der Waals surface area (Å²) in [6.45, 7) is 4.75. The zero-order valence-corrected chi connectivity index (χ0v) is 18.5. The van der Waals surface area contributed by atoms with Crippen LogP contribution in [0.2, 0.25) is 0 Å². The van der Waals surface area contributed by atoms with Gasteiger partial charge in [0.2, 0.25) is 10.0 Å². The molecular formula is C22H31N3O3S. The molecule has 0 aliphatic heterocycles. The summed E-state index contributed by atoms with van der Waals surface area (Å²) >= 11 is 0. The van der Waals surface area contributed by atoms with E-state index in [0.717, 1.165) is 62.0 Å². The molecule has 1 heterocycles. The van der Waals surface area contributed by atoms with Crippen molar-refractivity contribution in [3.05, 3.63) is 40.7 Å². The summed E-state index contributed by atoms with van der Waals surface area (Å²) in [5, 5.41) is 4.70. The van der Waals surface area contributed by atoms with Gasteiger partial charge in [0.25, 0.3) is 0 Å². The summed E-state index contributed by atoms with van der Waals surface area (Å²) < 4.78 is 36.7. The first kappa shape index (κ1) is 20.4. The van der Waals surface area contributed by atoms with Crippen LogP contribution in [0.15, 0.2) is 23.1 Å². The molecule has 2 aliphatic carbocycles. The van der Waals surface area contributed by atoms with E-state index in [1.807, 2.05) is 25.6 Å². The zero-order valence-electron chi connectivity index (χ0n) is 17.6. The fourth-order valence-electron chi connectivity index (χ4n) is 4.81. The van der Waals surface area contributed by atoms with Crippen molar-refractivity contribution in [3.8, 4) is 5.75 Å². The van der Waals surface area contributed by atoms with Crippen molar-refractivity contribution in [2.24, 2.45) is 7.05 Å². The van der Waals surface area contributed by atoms with Gasteiger partial charge in [0.05, 0.1) is 23.7 Å². The maximum absolute atomic E-state index is 13.7. The second-order valence-electron chi connectivity index (χ2n) is 8.20. The molecule has 4 rings (SSSR count). The van der Waals surface area contributed by atoms with Gasteiger partial charge in [-0.2, -0.15) is 9.40 Å². The van der Waals surface area contributed by atoms with Gasteiger partial charge >= 0.3 is 0 Å². The Labute approximate surface area is 173 Å². The number of hydrogen-bond donors (Lipinski definition) is 0. The van der Waals surface area contributed by atoms with Crippen LogP contribution in [0.3, 0.4) is 0 Å². The summed E-state index contributed by atoms with van der Waals surface area (Å²) in [6.07, 6.45) is 7.17. The molecule has 1 aromatic heterocycles. The van der Waals surface area contributed by atoms with E-state index in [4.69, 9.17) is 9.84 Å². The van der Waals surface area contributed by atoms with Crippen LogP contribution in [0.5, 0.6) is 5.75 Å². The highest BCUT2D eigenvalue weighted by molar-refractivity contribution is 7.89. The summed E-state index contributed by atoms with van der Waals surface area (Å²) in [5.74, 6) is 0.737. The molecule has 2 aliphatic rings. The molecule has 7 heteroatoms. The van der Waals surface area contributed by atoms with Crippen LogP contribution in [0.25, 0.3) is 0 Å². The molecule has 1 aromatic carbocycles. The molecular weight excluding hydrogens is 386 g/mol. The van der Waals surface area contributed by atoms with E-state index in [2.05, 4.69) is 0 Å². The standard InChI is InChI=1S/C22H31N3O3S/c1-4-28-22-13-12-18(14-16(22)2)29(26,27)25(17-8-5-6-9-17)15-20-19-10-7-11-21(19)24(3)23-20/h12-14,17H,4-11,15H2,1-3H3.